The van der Waals surface area contributed by atoms with E-state index in [0.29, 0.717) is 0 Å². The molecule has 0 amide bonds. The summed E-state index contributed by atoms with van der Waals surface area (Å²) in [6, 6.07) is 8.12. The van der Waals surface area contributed by atoms with Gasteiger partial charge >= 0.3 is 0 Å². The zero-order chi connectivity index (χ0) is 20.3. The number of piperazine rings is 1. The van der Waals surface area contributed by atoms with Gasteiger partial charge in [-0.15, -0.1) is 0 Å². The van der Waals surface area contributed by atoms with Crippen LogP contribution >= 0.6 is 11.3 Å². The molecule has 0 aliphatic carbocycles. The normalized spacial score (nSPS) is 14.6. The molecule has 30 heavy (non-hydrogen) atoms. The second-order valence-corrected chi connectivity index (χ2v) is 8.16. The van der Waals surface area contributed by atoms with Gasteiger partial charge < -0.3 is 15.5 Å². The van der Waals surface area contributed by atoms with Gasteiger partial charge in [-0.2, -0.15) is 5.10 Å². The van der Waals surface area contributed by atoms with Crippen LogP contribution in [0.25, 0.3) is 23.1 Å². The van der Waals surface area contributed by atoms with E-state index in [9.17, 15) is 0 Å². The molecule has 0 saturated carbocycles. The number of nitrogens with zero attached hydrogens (tertiary/aromatic N) is 5. The predicted octanol–water partition coefficient (Wildman–Crippen LogP) is 3.44. The van der Waals surface area contributed by atoms with Gasteiger partial charge in [-0.3, -0.25) is 5.10 Å². The first-order valence-corrected chi connectivity index (χ1v) is 10.7. The van der Waals surface area contributed by atoms with Gasteiger partial charge in [0.2, 0.25) is 0 Å². The topological polar surface area (TPSA) is 94.7 Å². The molecule has 0 spiro atoms. The Morgan fingerprint density at radius 1 is 1.13 bits per heavy atom. The minimum atomic E-state index is 0.749. The van der Waals surface area contributed by atoms with E-state index in [1.807, 2.05) is 37.5 Å². The third-order valence-corrected chi connectivity index (χ3v) is 5.85. The van der Waals surface area contributed by atoms with Crippen molar-refractivity contribution in [3.05, 3.63) is 52.9 Å². The lowest BCUT2D eigenvalue weighted by molar-refractivity contribution is 0.584. The Balaban J connectivity index is 1.32. The molecule has 5 rings (SSSR count). The molecule has 3 N–H and O–H groups in total. The fraction of sp³-hybridized carbons (Fsp3) is 0.238. The lowest BCUT2D eigenvalue weighted by Crippen LogP contribution is -2.44. The van der Waals surface area contributed by atoms with Gasteiger partial charge in [0.25, 0.3) is 0 Å². The quantitative estimate of drug-likeness (QED) is 0.457. The molecule has 1 aliphatic rings. The summed E-state index contributed by atoms with van der Waals surface area (Å²) in [6.45, 7) is 5.77. The molecule has 1 saturated heterocycles. The van der Waals surface area contributed by atoms with Gasteiger partial charge in [0.05, 0.1) is 11.7 Å². The Labute approximate surface area is 178 Å². The van der Waals surface area contributed by atoms with Crippen LogP contribution in [0.4, 0.5) is 16.8 Å². The third-order valence-electron chi connectivity index (χ3n) is 4.97. The standard InChI is InChI=1S/C21H22N8S/c1-14-25-19(11-20(26-14)29-9-7-22-8-10-29)27-21-23-12-16(30-21)6-5-15-3-2-4-18-17(15)13-24-28-18/h2-6,11-13,22H,7-10H2,1H3,(H,24,28)(H,23,25,26,27). The fourth-order valence-electron chi connectivity index (χ4n) is 3.51. The van der Waals surface area contributed by atoms with E-state index >= 15 is 0 Å². The van der Waals surface area contributed by atoms with Crippen LogP contribution in [0.5, 0.6) is 0 Å². The monoisotopic (exact) mass is 418 g/mol. The summed E-state index contributed by atoms with van der Waals surface area (Å²) in [7, 11) is 0. The van der Waals surface area contributed by atoms with Crippen molar-refractivity contribution >= 4 is 51.2 Å². The number of fused-ring (bicyclic) bond motifs is 1. The molecule has 152 valence electrons. The van der Waals surface area contributed by atoms with Gasteiger partial charge in [0.1, 0.15) is 17.5 Å². The fourth-order valence-corrected chi connectivity index (χ4v) is 4.24. The highest BCUT2D eigenvalue weighted by molar-refractivity contribution is 7.16. The van der Waals surface area contributed by atoms with E-state index in [0.717, 1.165) is 70.1 Å². The predicted molar refractivity (Wildman–Crippen MR) is 122 cm³/mol. The molecular weight excluding hydrogens is 396 g/mol. The number of thiazole rings is 1. The van der Waals surface area contributed by atoms with Crippen LogP contribution in [0.1, 0.15) is 16.3 Å². The van der Waals surface area contributed by atoms with E-state index < -0.39 is 0 Å². The van der Waals surface area contributed by atoms with E-state index in [1.165, 1.54) is 0 Å². The van der Waals surface area contributed by atoms with Gasteiger partial charge in [0.15, 0.2) is 5.13 Å². The number of anilines is 3. The van der Waals surface area contributed by atoms with E-state index in [2.05, 4.69) is 58.9 Å². The van der Waals surface area contributed by atoms with Crippen LogP contribution in [-0.2, 0) is 0 Å². The number of hydrogen-bond acceptors (Lipinski definition) is 8. The summed E-state index contributed by atoms with van der Waals surface area (Å²) >= 11 is 1.59. The Kier molecular flexibility index (Phi) is 5.12. The number of aromatic nitrogens is 5. The molecule has 0 bridgehead atoms. The first kappa shape index (κ1) is 18.7. The van der Waals surface area contributed by atoms with Crippen molar-refractivity contribution in [2.24, 2.45) is 0 Å². The molecule has 8 nitrogen and oxygen atoms in total. The van der Waals surface area contributed by atoms with Crippen molar-refractivity contribution in [1.82, 2.24) is 30.5 Å². The summed E-state index contributed by atoms with van der Waals surface area (Å²) in [6.07, 6.45) is 7.88. The summed E-state index contributed by atoms with van der Waals surface area (Å²) in [5.74, 6) is 2.47. The van der Waals surface area contributed by atoms with E-state index in [4.69, 9.17) is 0 Å². The minimum absolute atomic E-state index is 0.749. The molecule has 1 aliphatic heterocycles. The maximum Gasteiger partial charge on any atom is 0.188 e. The van der Waals surface area contributed by atoms with Gasteiger partial charge in [-0.25, -0.2) is 15.0 Å². The Bertz CT molecular complexity index is 1190. The number of H-pyrrole nitrogens is 1. The third kappa shape index (κ3) is 4.03. The van der Waals surface area contributed by atoms with Crippen molar-refractivity contribution in [2.45, 2.75) is 6.92 Å². The summed E-state index contributed by atoms with van der Waals surface area (Å²) in [4.78, 5) is 17.0. The second-order valence-electron chi connectivity index (χ2n) is 7.10. The van der Waals surface area contributed by atoms with Crippen molar-refractivity contribution < 1.29 is 0 Å². The Morgan fingerprint density at radius 2 is 2.03 bits per heavy atom. The average molecular weight is 419 g/mol. The number of rotatable bonds is 5. The zero-order valence-corrected chi connectivity index (χ0v) is 17.4. The largest absolute Gasteiger partial charge is 0.354 e. The SMILES string of the molecule is Cc1nc(Nc2ncc(C=Cc3cccc4[nH]ncc34)s2)cc(N2CCNCC2)n1. The van der Waals surface area contributed by atoms with Gasteiger partial charge in [-0.1, -0.05) is 29.5 Å². The maximum atomic E-state index is 4.60. The number of aromatic amines is 1. The van der Waals surface area contributed by atoms with E-state index in [-0.39, 0.29) is 0 Å². The summed E-state index contributed by atoms with van der Waals surface area (Å²) in [5, 5.41) is 15.7. The van der Waals surface area contributed by atoms with Crippen LogP contribution in [0.3, 0.4) is 0 Å². The number of benzene rings is 1. The molecule has 4 heterocycles. The first-order valence-electron chi connectivity index (χ1n) is 9.89. The second kappa shape index (κ2) is 8.21. The minimum Gasteiger partial charge on any atom is -0.354 e. The van der Waals surface area contributed by atoms with Gasteiger partial charge in [-0.05, 0) is 24.6 Å². The van der Waals surface area contributed by atoms with Gasteiger partial charge in [0, 0.05) is 48.7 Å². The zero-order valence-electron chi connectivity index (χ0n) is 16.6. The highest BCUT2D eigenvalue weighted by Gasteiger charge is 2.14. The van der Waals surface area contributed by atoms with Crippen LogP contribution in [0.2, 0.25) is 0 Å². The lowest BCUT2D eigenvalue weighted by Gasteiger charge is -2.28. The molecule has 4 aromatic rings. The molecule has 3 aromatic heterocycles. The molecular formula is C21H22N8S. The van der Waals surface area contributed by atoms with Crippen molar-refractivity contribution in [3.8, 4) is 0 Å². The first-order chi connectivity index (χ1) is 14.7. The lowest BCUT2D eigenvalue weighted by atomic mass is 10.1. The summed E-state index contributed by atoms with van der Waals surface area (Å²) in [5.41, 5.74) is 2.15. The number of hydrogen-bond donors (Lipinski definition) is 3. The molecule has 9 heteroatoms. The maximum absolute atomic E-state index is 4.60. The Morgan fingerprint density at radius 3 is 2.93 bits per heavy atom. The highest BCUT2D eigenvalue weighted by atomic mass is 32.1. The van der Waals surface area contributed by atoms with Crippen LogP contribution < -0.4 is 15.5 Å². The van der Waals surface area contributed by atoms with Crippen LogP contribution in [0, 0.1) is 6.92 Å². The van der Waals surface area contributed by atoms with Crippen molar-refractivity contribution in [3.63, 3.8) is 0 Å². The summed E-state index contributed by atoms with van der Waals surface area (Å²) < 4.78 is 0. The number of nitrogens with one attached hydrogen (secondary N) is 3. The smallest absolute Gasteiger partial charge is 0.188 e. The van der Waals surface area contributed by atoms with Crippen molar-refractivity contribution in [1.29, 1.82) is 0 Å². The number of aryl methyl sites for hydroxylation is 1. The molecule has 1 aromatic carbocycles. The molecule has 0 atom stereocenters. The molecule has 0 radical (unpaired) electrons. The van der Waals surface area contributed by atoms with Crippen molar-refractivity contribution in [2.75, 3.05) is 36.4 Å². The Hall–Kier alpha value is -3.30. The van der Waals surface area contributed by atoms with Crippen LogP contribution in [0.15, 0.2) is 36.7 Å². The molecule has 1 fully saturated rings. The van der Waals surface area contributed by atoms with Crippen LogP contribution in [-0.4, -0.2) is 51.3 Å². The highest BCUT2D eigenvalue weighted by Crippen LogP contribution is 2.26. The average Bonchev–Trinajstić information content (AvgIpc) is 3.42. The van der Waals surface area contributed by atoms with E-state index in [1.54, 1.807) is 11.3 Å². The molecule has 0 unspecified atom stereocenters.